The molecular weight excluding hydrogens is 334 g/mol. The largest absolute Gasteiger partial charge is 0.368 e. The van der Waals surface area contributed by atoms with Gasteiger partial charge in [0.05, 0.1) is 0 Å². The summed E-state index contributed by atoms with van der Waals surface area (Å²) in [6.45, 7) is 3.16. The van der Waals surface area contributed by atoms with E-state index >= 15 is 0 Å². The fraction of sp³-hybridized carbons (Fsp3) is 0.217. The molecule has 4 rings (SSSR count). The number of piperazine rings is 1. The maximum atomic E-state index is 13.2. The van der Waals surface area contributed by atoms with Gasteiger partial charge in [0.25, 0.3) is 5.91 Å². The summed E-state index contributed by atoms with van der Waals surface area (Å²) in [5.74, 6) is 0.135. The van der Waals surface area contributed by atoms with E-state index in [1.807, 2.05) is 65.8 Å². The van der Waals surface area contributed by atoms with E-state index in [9.17, 15) is 4.79 Å². The Morgan fingerprint density at radius 2 is 1.48 bits per heavy atom. The van der Waals surface area contributed by atoms with Gasteiger partial charge in [-0.05, 0) is 35.7 Å². The molecule has 1 fully saturated rings. The summed E-state index contributed by atoms with van der Waals surface area (Å²) in [7, 11) is 0. The molecule has 0 bridgehead atoms. The van der Waals surface area contributed by atoms with Gasteiger partial charge in [0.15, 0.2) is 0 Å². The fourth-order valence-corrected chi connectivity index (χ4v) is 3.59. The molecule has 1 aliphatic rings. The fourth-order valence-electron chi connectivity index (χ4n) is 3.59. The van der Waals surface area contributed by atoms with Crippen molar-refractivity contribution in [2.24, 2.45) is 0 Å². The van der Waals surface area contributed by atoms with Gasteiger partial charge >= 0.3 is 0 Å². The highest BCUT2D eigenvalue weighted by Gasteiger charge is 2.23. The van der Waals surface area contributed by atoms with Gasteiger partial charge in [-0.25, -0.2) is 0 Å². The average Bonchev–Trinajstić information content (AvgIpc) is 2.75. The molecule has 4 heteroatoms. The third kappa shape index (κ3) is 4.00. The lowest BCUT2D eigenvalue weighted by Crippen LogP contribution is -2.49. The van der Waals surface area contributed by atoms with Crippen LogP contribution in [-0.4, -0.2) is 42.0 Å². The summed E-state index contributed by atoms with van der Waals surface area (Å²) in [4.78, 5) is 21.5. The van der Waals surface area contributed by atoms with Crippen molar-refractivity contribution in [2.45, 2.75) is 6.42 Å². The van der Waals surface area contributed by atoms with Gasteiger partial charge < -0.3 is 9.80 Å². The predicted molar refractivity (Wildman–Crippen MR) is 108 cm³/mol. The molecule has 136 valence electrons. The van der Waals surface area contributed by atoms with Crippen molar-refractivity contribution in [3.63, 3.8) is 0 Å². The molecule has 0 saturated carbocycles. The Kier molecular flexibility index (Phi) is 5.15. The minimum atomic E-state index is 0.135. The van der Waals surface area contributed by atoms with E-state index in [-0.39, 0.29) is 5.91 Å². The minimum absolute atomic E-state index is 0.135. The zero-order valence-electron chi connectivity index (χ0n) is 15.3. The van der Waals surface area contributed by atoms with Crippen LogP contribution in [0.3, 0.4) is 0 Å². The number of carbonyl (C=O) groups is 1. The van der Waals surface area contributed by atoms with Gasteiger partial charge in [0, 0.05) is 49.8 Å². The van der Waals surface area contributed by atoms with Gasteiger partial charge in [-0.2, -0.15) is 0 Å². The van der Waals surface area contributed by atoms with Crippen LogP contribution in [0.1, 0.15) is 21.5 Å². The highest BCUT2D eigenvalue weighted by atomic mass is 16.2. The number of aromatic nitrogens is 1. The van der Waals surface area contributed by atoms with Gasteiger partial charge in [-0.3, -0.25) is 9.78 Å². The Morgan fingerprint density at radius 1 is 0.815 bits per heavy atom. The second-order valence-corrected chi connectivity index (χ2v) is 6.80. The van der Waals surface area contributed by atoms with E-state index in [0.717, 1.165) is 43.7 Å². The van der Waals surface area contributed by atoms with E-state index in [1.54, 1.807) is 0 Å². The number of carbonyl (C=O) groups excluding carboxylic acids is 1. The molecule has 2 aromatic carbocycles. The van der Waals surface area contributed by atoms with Crippen molar-refractivity contribution >= 4 is 11.6 Å². The summed E-state index contributed by atoms with van der Waals surface area (Å²) in [6.07, 6.45) is 4.40. The molecule has 0 atom stereocenters. The summed E-state index contributed by atoms with van der Waals surface area (Å²) in [5.41, 5.74) is 4.30. The van der Waals surface area contributed by atoms with Crippen molar-refractivity contribution < 1.29 is 4.79 Å². The molecular formula is C23H23N3O. The molecule has 0 spiro atoms. The van der Waals surface area contributed by atoms with Crippen molar-refractivity contribution in [3.05, 3.63) is 95.8 Å². The number of pyridine rings is 1. The molecule has 1 aromatic heterocycles. The standard InChI is InChI=1S/C23H23N3O/c27-23(26-16-14-25(15-17-26)21-10-12-24-13-11-21)22-9-5-4-8-20(22)18-19-6-2-1-3-7-19/h1-13H,14-18H2. The van der Waals surface area contributed by atoms with Crippen LogP contribution in [-0.2, 0) is 6.42 Å². The molecule has 2 heterocycles. The Hall–Kier alpha value is -3.14. The molecule has 0 radical (unpaired) electrons. The third-order valence-electron chi connectivity index (χ3n) is 5.08. The van der Waals surface area contributed by atoms with E-state index in [0.29, 0.717) is 0 Å². The zero-order valence-corrected chi connectivity index (χ0v) is 15.3. The lowest BCUT2D eigenvalue weighted by atomic mass is 9.99. The zero-order chi connectivity index (χ0) is 18.5. The molecule has 27 heavy (non-hydrogen) atoms. The Balaban J connectivity index is 1.46. The molecule has 1 amide bonds. The summed E-state index contributed by atoms with van der Waals surface area (Å²) in [5, 5.41) is 0. The maximum Gasteiger partial charge on any atom is 0.254 e. The molecule has 1 saturated heterocycles. The van der Waals surface area contributed by atoms with Crippen molar-refractivity contribution in [1.29, 1.82) is 0 Å². The number of anilines is 1. The average molecular weight is 357 g/mol. The van der Waals surface area contributed by atoms with E-state index in [4.69, 9.17) is 0 Å². The maximum absolute atomic E-state index is 13.2. The Bertz CT molecular complexity index is 888. The number of rotatable bonds is 4. The molecule has 4 nitrogen and oxygen atoms in total. The topological polar surface area (TPSA) is 36.4 Å². The molecule has 0 aliphatic carbocycles. The monoisotopic (exact) mass is 357 g/mol. The lowest BCUT2D eigenvalue weighted by Gasteiger charge is -2.36. The van der Waals surface area contributed by atoms with Crippen molar-refractivity contribution in [3.8, 4) is 0 Å². The van der Waals surface area contributed by atoms with Crippen LogP contribution >= 0.6 is 0 Å². The molecule has 3 aromatic rings. The third-order valence-corrected chi connectivity index (χ3v) is 5.08. The summed E-state index contributed by atoms with van der Waals surface area (Å²) >= 11 is 0. The first-order chi connectivity index (χ1) is 13.3. The predicted octanol–water partition coefficient (Wildman–Crippen LogP) is 3.63. The highest BCUT2D eigenvalue weighted by Crippen LogP contribution is 2.19. The smallest absolute Gasteiger partial charge is 0.254 e. The second kappa shape index (κ2) is 8.04. The van der Waals surface area contributed by atoms with E-state index < -0.39 is 0 Å². The first kappa shape index (κ1) is 17.3. The minimum Gasteiger partial charge on any atom is -0.368 e. The molecule has 1 aliphatic heterocycles. The molecule has 0 N–H and O–H groups in total. The van der Waals surface area contributed by atoms with Crippen LogP contribution in [0.5, 0.6) is 0 Å². The van der Waals surface area contributed by atoms with Crippen LogP contribution in [0.4, 0.5) is 5.69 Å². The van der Waals surface area contributed by atoms with Gasteiger partial charge in [-0.1, -0.05) is 48.5 Å². The van der Waals surface area contributed by atoms with Crippen LogP contribution in [0, 0.1) is 0 Å². The lowest BCUT2D eigenvalue weighted by molar-refractivity contribution is 0.0746. The summed E-state index contributed by atoms with van der Waals surface area (Å²) < 4.78 is 0. The Labute approximate surface area is 160 Å². The van der Waals surface area contributed by atoms with Gasteiger partial charge in [0.2, 0.25) is 0 Å². The van der Waals surface area contributed by atoms with E-state index in [2.05, 4.69) is 28.1 Å². The first-order valence-corrected chi connectivity index (χ1v) is 9.37. The van der Waals surface area contributed by atoms with Gasteiger partial charge in [-0.15, -0.1) is 0 Å². The number of nitrogens with zero attached hydrogens (tertiary/aromatic N) is 3. The van der Waals surface area contributed by atoms with Gasteiger partial charge in [0.1, 0.15) is 0 Å². The number of amides is 1. The normalized spacial score (nSPS) is 14.2. The quantitative estimate of drug-likeness (QED) is 0.715. The number of benzene rings is 2. The van der Waals surface area contributed by atoms with Crippen molar-refractivity contribution in [2.75, 3.05) is 31.1 Å². The van der Waals surface area contributed by atoms with Crippen LogP contribution in [0.15, 0.2) is 79.1 Å². The second-order valence-electron chi connectivity index (χ2n) is 6.80. The van der Waals surface area contributed by atoms with Crippen LogP contribution in [0.25, 0.3) is 0 Å². The molecule has 0 unspecified atom stereocenters. The first-order valence-electron chi connectivity index (χ1n) is 9.37. The van der Waals surface area contributed by atoms with Crippen LogP contribution < -0.4 is 4.90 Å². The number of hydrogen-bond donors (Lipinski definition) is 0. The highest BCUT2D eigenvalue weighted by molar-refractivity contribution is 5.96. The SMILES string of the molecule is O=C(c1ccccc1Cc1ccccc1)N1CCN(c2ccncc2)CC1. The summed E-state index contributed by atoms with van der Waals surface area (Å²) in [6, 6.07) is 22.3. The number of hydrogen-bond acceptors (Lipinski definition) is 3. The Morgan fingerprint density at radius 3 is 2.22 bits per heavy atom. The van der Waals surface area contributed by atoms with Crippen LogP contribution in [0.2, 0.25) is 0 Å². The van der Waals surface area contributed by atoms with E-state index in [1.165, 1.54) is 11.3 Å². The van der Waals surface area contributed by atoms with Crippen molar-refractivity contribution in [1.82, 2.24) is 9.88 Å².